The second kappa shape index (κ2) is 5.67. The van der Waals surface area contributed by atoms with Gasteiger partial charge in [0.25, 0.3) is 0 Å². The number of nitrogens with two attached hydrogens (primary N) is 1. The fraction of sp³-hybridized carbons (Fsp3) is 0.467. The standard InChI is InChI=1S/C15H18FN3OS/c16-12-4-3-10(18-9-20)7-11(12)13-8-21-15(14(17)19-13)5-1-2-6-15/h3-4,7,9,13H,1-2,5-6,8H2,(H2,17,19)(H,18,20). The van der Waals surface area contributed by atoms with Crippen LogP contribution in [0.4, 0.5) is 10.1 Å². The zero-order valence-electron chi connectivity index (χ0n) is 11.6. The fourth-order valence-electron chi connectivity index (χ4n) is 3.10. The number of halogens is 1. The van der Waals surface area contributed by atoms with Gasteiger partial charge in [0.1, 0.15) is 11.7 Å². The first-order valence-corrected chi connectivity index (χ1v) is 8.10. The Morgan fingerprint density at radius 1 is 1.43 bits per heavy atom. The molecule has 112 valence electrons. The molecule has 3 rings (SSSR count). The summed E-state index contributed by atoms with van der Waals surface area (Å²) >= 11 is 1.80. The highest BCUT2D eigenvalue weighted by atomic mass is 32.2. The van der Waals surface area contributed by atoms with Crippen molar-refractivity contribution in [3.63, 3.8) is 0 Å². The van der Waals surface area contributed by atoms with Crippen molar-refractivity contribution < 1.29 is 9.18 Å². The van der Waals surface area contributed by atoms with E-state index in [1.807, 2.05) is 0 Å². The Kier molecular flexibility index (Phi) is 3.89. The lowest BCUT2D eigenvalue weighted by atomic mass is 10.0. The van der Waals surface area contributed by atoms with E-state index in [9.17, 15) is 9.18 Å². The molecule has 1 spiro atoms. The number of carbonyl (C=O) groups is 1. The summed E-state index contributed by atoms with van der Waals surface area (Å²) in [5.41, 5.74) is 7.25. The molecule has 2 aliphatic rings. The molecule has 1 amide bonds. The maximum absolute atomic E-state index is 14.1. The third kappa shape index (κ3) is 2.64. The van der Waals surface area contributed by atoms with Crippen molar-refractivity contribution in [3.05, 3.63) is 29.6 Å². The number of amidine groups is 1. The first-order valence-electron chi connectivity index (χ1n) is 7.12. The summed E-state index contributed by atoms with van der Waals surface area (Å²) in [6.07, 6.45) is 5.07. The van der Waals surface area contributed by atoms with Crippen LogP contribution >= 0.6 is 11.8 Å². The van der Waals surface area contributed by atoms with E-state index in [0.717, 1.165) is 18.6 Å². The molecule has 0 saturated heterocycles. The summed E-state index contributed by atoms with van der Waals surface area (Å²) in [4.78, 5) is 15.1. The molecular weight excluding hydrogens is 289 g/mol. The minimum atomic E-state index is -0.309. The van der Waals surface area contributed by atoms with Crippen LogP contribution in [0.2, 0.25) is 0 Å². The van der Waals surface area contributed by atoms with Crippen molar-refractivity contribution in [1.82, 2.24) is 0 Å². The second-order valence-electron chi connectivity index (χ2n) is 5.54. The van der Waals surface area contributed by atoms with E-state index in [1.54, 1.807) is 17.8 Å². The van der Waals surface area contributed by atoms with E-state index in [2.05, 4.69) is 10.3 Å². The quantitative estimate of drug-likeness (QED) is 0.844. The van der Waals surface area contributed by atoms with E-state index in [4.69, 9.17) is 5.73 Å². The average molecular weight is 307 g/mol. The monoisotopic (exact) mass is 307 g/mol. The van der Waals surface area contributed by atoms with Gasteiger partial charge in [-0.05, 0) is 31.0 Å². The number of anilines is 1. The SMILES string of the molecule is NC1=NC(c2cc(NC=O)ccc2F)CSC12CCCC2. The molecule has 1 aromatic carbocycles. The van der Waals surface area contributed by atoms with Crippen molar-refractivity contribution in [1.29, 1.82) is 0 Å². The van der Waals surface area contributed by atoms with Gasteiger partial charge in [-0.15, -0.1) is 11.8 Å². The largest absolute Gasteiger partial charge is 0.386 e. The highest BCUT2D eigenvalue weighted by Crippen LogP contribution is 2.47. The van der Waals surface area contributed by atoms with Crippen molar-refractivity contribution in [3.8, 4) is 0 Å². The zero-order valence-corrected chi connectivity index (χ0v) is 12.5. The number of amides is 1. The Labute approximate surface area is 127 Å². The smallest absolute Gasteiger partial charge is 0.211 e. The van der Waals surface area contributed by atoms with Crippen LogP contribution in [0.5, 0.6) is 0 Å². The van der Waals surface area contributed by atoms with Gasteiger partial charge in [0.05, 0.1) is 10.8 Å². The molecule has 0 aromatic heterocycles. The summed E-state index contributed by atoms with van der Waals surface area (Å²) in [5.74, 6) is 1.06. The molecule has 1 aromatic rings. The highest BCUT2D eigenvalue weighted by Gasteiger charge is 2.42. The van der Waals surface area contributed by atoms with E-state index in [-0.39, 0.29) is 16.6 Å². The molecule has 1 saturated carbocycles. The van der Waals surface area contributed by atoms with Gasteiger partial charge in [0, 0.05) is 17.0 Å². The number of nitrogens with zero attached hydrogens (tertiary/aromatic N) is 1. The zero-order chi connectivity index (χ0) is 14.9. The Morgan fingerprint density at radius 3 is 2.86 bits per heavy atom. The summed E-state index contributed by atoms with van der Waals surface area (Å²) in [6.45, 7) is 0. The van der Waals surface area contributed by atoms with Crippen LogP contribution in [0.15, 0.2) is 23.2 Å². The lowest BCUT2D eigenvalue weighted by Crippen LogP contribution is -2.42. The molecule has 1 heterocycles. The summed E-state index contributed by atoms with van der Waals surface area (Å²) in [7, 11) is 0. The molecule has 1 unspecified atom stereocenters. The predicted octanol–water partition coefficient (Wildman–Crippen LogP) is 2.85. The molecule has 21 heavy (non-hydrogen) atoms. The van der Waals surface area contributed by atoms with Crippen LogP contribution in [0.1, 0.15) is 37.3 Å². The minimum Gasteiger partial charge on any atom is -0.386 e. The fourth-order valence-corrected chi connectivity index (χ4v) is 4.61. The molecule has 0 bridgehead atoms. The van der Waals surface area contributed by atoms with Crippen LogP contribution in [0.3, 0.4) is 0 Å². The van der Waals surface area contributed by atoms with E-state index in [0.29, 0.717) is 23.5 Å². The summed E-state index contributed by atoms with van der Waals surface area (Å²) in [6, 6.07) is 4.25. The molecule has 3 N–H and O–H groups in total. The molecule has 1 atom stereocenters. The van der Waals surface area contributed by atoms with E-state index >= 15 is 0 Å². The third-order valence-corrected chi connectivity index (χ3v) is 5.92. The summed E-state index contributed by atoms with van der Waals surface area (Å²) < 4.78 is 14.0. The maximum atomic E-state index is 14.1. The van der Waals surface area contributed by atoms with Gasteiger partial charge in [0.15, 0.2) is 0 Å². The molecule has 1 aliphatic carbocycles. The van der Waals surface area contributed by atoms with Gasteiger partial charge in [-0.25, -0.2) is 4.39 Å². The van der Waals surface area contributed by atoms with Gasteiger partial charge in [-0.1, -0.05) is 12.8 Å². The molecule has 1 aliphatic heterocycles. The normalized spacial score (nSPS) is 23.9. The molecule has 0 radical (unpaired) electrons. The Balaban J connectivity index is 1.90. The van der Waals surface area contributed by atoms with E-state index in [1.165, 1.54) is 25.0 Å². The van der Waals surface area contributed by atoms with Crippen molar-refractivity contribution in [2.24, 2.45) is 10.7 Å². The minimum absolute atomic E-state index is 0.0222. The molecule has 1 fully saturated rings. The number of hydrogen-bond donors (Lipinski definition) is 2. The van der Waals surface area contributed by atoms with Crippen molar-refractivity contribution >= 4 is 29.7 Å². The first kappa shape index (κ1) is 14.4. The van der Waals surface area contributed by atoms with Crippen LogP contribution in [-0.2, 0) is 4.79 Å². The van der Waals surface area contributed by atoms with Crippen molar-refractivity contribution in [2.75, 3.05) is 11.1 Å². The van der Waals surface area contributed by atoms with Gasteiger partial charge >= 0.3 is 0 Å². The van der Waals surface area contributed by atoms with Gasteiger partial charge in [-0.2, -0.15) is 0 Å². The number of benzene rings is 1. The third-order valence-electron chi connectivity index (χ3n) is 4.27. The van der Waals surface area contributed by atoms with E-state index < -0.39 is 0 Å². The maximum Gasteiger partial charge on any atom is 0.211 e. The molecule has 4 nitrogen and oxygen atoms in total. The van der Waals surface area contributed by atoms with Gasteiger partial charge < -0.3 is 11.1 Å². The van der Waals surface area contributed by atoms with Gasteiger partial charge in [0.2, 0.25) is 6.41 Å². The van der Waals surface area contributed by atoms with Crippen LogP contribution in [0.25, 0.3) is 0 Å². The Hall–Kier alpha value is -1.56. The van der Waals surface area contributed by atoms with Crippen LogP contribution in [-0.4, -0.2) is 22.7 Å². The van der Waals surface area contributed by atoms with Crippen molar-refractivity contribution in [2.45, 2.75) is 36.5 Å². The number of thioether (sulfide) groups is 1. The first-order chi connectivity index (χ1) is 10.1. The average Bonchev–Trinajstić information content (AvgIpc) is 2.94. The second-order valence-corrected chi connectivity index (χ2v) is 6.94. The number of nitrogens with one attached hydrogen (secondary N) is 1. The number of rotatable bonds is 3. The number of aliphatic imine (C=N–C) groups is 1. The summed E-state index contributed by atoms with van der Waals surface area (Å²) in [5, 5.41) is 2.54. The topological polar surface area (TPSA) is 67.5 Å². The highest BCUT2D eigenvalue weighted by molar-refractivity contribution is 8.01. The predicted molar refractivity (Wildman–Crippen MR) is 84.1 cm³/mol. The molecular formula is C15H18FN3OS. The Bertz CT molecular complexity index is 584. The van der Waals surface area contributed by atoms with Crippen LogP contribution in [0, 0.1) is 5.82 Å². The van der Waals surface area contributed by atoms with Crippen LogP contribution < -0.4 is 11.1 Å². The number of carbonyl (C=O) groups excluding carboxylic acids is 1. The number of hydrogen-bond acceptors (Lipinski definition) is 4. The lowest BCUT2D eigenvalue weighted by Gasteiger charge is -2.34. The lowest BCUT2D eigenvalue weighted by molar-refractivity contribution is -0.105. The molecule has 6 heteroatoms. The Morgan fingerprint density at radius 2 is 2.19 bits per heavy atom. The van der Waals surface area contributed by atoms with Gasteiger partial charge in [-0.3, -0.25) is 9.79 Å².